The van der Waals surface area contributed by atoms with Gasteiger partial charge in [0, 0.05) is 5.92 Å². The molecule has 0 spiro atoms. The summed E-state index contributed by atoms with van der Waals surface area (Å²) in [6.07, 6.45) is 0. The van der Waals surface area contributed by atoms with Crippen molar-refractivity contribution in [2.75, 3.05) is 4.90 Å². The number of carbonyl (C=O) groups excluding carboxylic acids is 2. The molecule has 0 saturated carbocycles. The number of carbonyl (C=O) groups is 2. The van der Waals surface area contributed by atoms with E-state index in [0.29, 0.717) is 15.7 Å². The summed E-state index contributed by atoms with van der Waals surface area (Å²) >= 11 is 16.2. The number of amides is 2. The molecule has 1 saturated heterocycles. The molecule has 1 fully saturated rings. The average molecular weight is 499 g/mol. The first-order valence-electron chi connectivity index (χ1n) is 9.65. The molecular formula is C24H14BrCl2NO2. The maximum absolute atomic E-state index is 13.8. The van der Waals surface area contributed by atoms with Crippen LogP contribution in [0.4, 0.5) is 5.69 Å². The number of nitrogens with zero attached hydrogens (tertiary/aromatic N) is 1. The van der Waals surface area contributed by atoms with Gasteiger partial charge >= 0.3 is 0 Å². The van der Waals surface area contributed by atoms with Crippen LogP contribution in [0.1, 0.15) is 28.2 Å². The molecular weight excluding hydrogens is 485 g/mol. The van der Waals surface area contributed by atoms with E-state index in [0.717, 1.165) is 22.3 Å². The van der Waals surface area contributed by atoms with Crippen LogP contribution in [0.15, 0.2) is 66.7 Å². The molecule has 3 aromatic carbocycles. The second-order valence-electron chi connectivity index (χ2n) is 7.98. The van der Waals surface area contributed by atoms with Crippen LogP contribution < -0.4 is 4.90 Å². The van der Waals surface area contributed by atoms with Crippen LogP contribution >= 0.6 is 39.1 Å². The van der Waals surface area contributed by atoms with Gasteiger partial charge in [-0.05, 0) is 40.5 Å². The third kappa shape index (κ3) is 2.12. The van der Waals surface area contributed by atoms with Gasteiger partial charge in [0.15, 0.2) is 0 Å². The Morgan fingerprint density at radius 2 is 1.40 bits per heavy atom. The molecule has 1 heterocycles. The molecule has 0 aromatic heterocycles. The van der Waals surface area contributed by atoms with Crippen LogP contribution in [0.3, 0.4) is 0 Å². The first kappa shape index (κ1) is 18.6. The fourth-order valence-corrected chi connectivity index (χ4v) is 7.05. The maximum Gasteiger partial charge on any atom is 0.239 e. The average Bonchev–Trinajstić information content (AvgIpc) is 3.02. The number of halogens is 3. The summed E-state index contributed by atoms with van der Waals surface area (Å²) in [6, 6.07) is 21.1. The summed E-state index contributed by atoms with van der Waals surface area (Å²) in [5, 5.41) is 0.696. The van der Waals surface area contributed by atoms with E-state index >= 15 is 0 Å². The SMILES string of the molecule is O=C1[C@H]2C3c4ccccc4C(Br)(c4ccccc43)[C@H]2C(=O)N1c1ccc(Cl)c(Cl)c1. The van der Waals surface area contributed by atoms with Crippen molar-refractivity contribution in [3.05, 3.63) is 99.0 Å². The van der Waals surface area contributed by atoms with Gasteiger partial charge in [-0.3, -0.25) is 9.59 Å². The summed E-state index contributed by atoms with van der Waals surface area (Å²) in [5.41, 5.74) is 4.79. The zero-order valence-corrected chi connectivity index (χ0v) is 18.6. The number of alkyl halides is 1. The Kier molecular flexibility index (Phi) is 3.84. The van der Waals surface area contributed by atoms with Gasteiger partial charge in [-0.2, -0.15) is 0 Å². The molecule has 4 aliphatic rings. The molecule has 148 valence electrons. The first-order chi connectivity index (χ1) is 14.4. The molecule has 1 aliphatic heterocycles. The zero-order valence-electron chi connectivity index (χ0n) is 15.5. The minimum absolute atomic E-state index is 0.161. The Bertz CT molecular complexity index is 1230. The number of imide groups is 1. The van der Waals surface area contributed by atoms with Gasteiger partial charge in [0.2, 0.25) is 11.8 Å². The maximum atomic E-state index is 13.8. The van der Waals surface area contributed by atoms with Gasteiger partial charge in [-0.25, -0.2) is 4.90 Å². The fourth-order valence-electron chi connectivity index (χ4n) is 5.56. The Morgan fingerprint density at radius 1 is 0.800 bits per heavy atom. The van der Waals surface area contributed by atoms with E-state index < -0.39 is 16.2 Å². The Hall–Kier alpha value is -2.14. The highest BCUT2D eigenvalue weighted by atomic mass is 79.9. The second kappa shape index (κ2) is 6.19. The number of benzene rings is 3. The minimum Gasteiger partial charge on any atom is -0.274 e. The van der Waals surface area contributed by atoms with Gasteiger partial charge in [-0.15, -0.1) is 0 Å². The van der Waals surface area contributed by atoms with Crippen molar-refractivity contribution in [2.45, 2.75) is 10.2 Å². The Morgan fingerprint density at radius 3 is 2.00 bits per heavy atom. The van der Waals surface area contributed by atoms with Crippen LogP contribution in [0.25, 0.3) is 0 Å². The standard InChI is InChI=1S/C24H14BrCl2NO2/c25-24-15-7-3-1-5-13(15)19(14-6-2-4-8-16(14)24)20-21(24)23(30)28(22(20)29)12-9-10-17(26)18(27)11-12/h1-11,19-21H/t19?,20-,21+,24?/m0/s1. The van der Waals surface area contributed by atoms with Crippen LogP contribution in [0.2, 0.25) is 10.0 Å². The molecule has 2 atom stereocenters. The summed E-state index contributed by atoms with van der Waals surface area (Å²) in [7, 11) is 0. The lowest BCUT2D eigenvalue weighted by atomic mass is 9.55. The predicted molar refractivity (Wildman–Crippen MR) is 120 cm³/mol. The molecule has 30 heavy (non-hydrogen) atoms. The minimum atomic E-state index is -0.753. The molecule has 2 amide bonds. The zero-order chi connectivity index (χ0) is 20.8. The molecule has 0 N–H and O–H groups in total. The highest BCUT2D eigenvalue weighted by molar-refractivity contribution is 9.09. The van der Waals surface area contributed by atoms with Gasteiger partial charge in [0.25, 0.3) is 0 Å². The molecule has 3 aromatic rings. The van der Waals surface area contributed by atoms with Crippen molar-refractivity contribution in [3.63, 3.8) is 0 Å². The van der Waals surface area contributed by atoms with Crippen molar-refractivity contribution in [1.29, 1.82) is 0 Å². The van der Waals surface area contributed by atoms with Crippen molar-refractivity contribution < 1.29 is 9.59 Å². The fraction of sp³-hybridized carbons (Fsp3) is 0.167. The van der Waals surface area contributed by atoms with Crippen LogP contribution in [0.5, 0.6) is 0 Å². The lowest BCUT2D eigenvalue weighted by Gasteiger charge is -2.51. The highest BCUT2D eigenvalue weighted by Crippen LogP contribution is 2.66. The Labute approximate surface area is 191 Å². The van der Waals surface area contributed by atoms with Crippen LogP contribution in [-0.2, 0) is 13.9 Å². The first-order valence-corrected chi connectivity index (χ1v) is 11.2. The van der Waals surface area contributed by atoms with Crippen molar-refractivity contribution in [1.82, 2.24) is 0 Å². The monoisotopic (exact) mass is 497 g/mol. The Balaban J connectivity index is 1.60. The predicted octanol–water partition coefficient (Wildman–Crippen LogP) is 5.90. The molecule has 0 unspecified atom stereocenters. The van der Waals surface area contributed by atoms with E-state index in [1.807, 2.05) is 24.3 Å². The van der Waals surface area contributed by atoms with Crippen molar-refractivity contribution in [2.24, 2.45) is 11.8 Å². The van der Waals surface area contributed by atoms with E-state index in [1.54, 1.807) is 18.2 Å². The number of rotatable bonds is 1. The molecule has 2 bridgehead atoms. The van der Waals surface area contributed by atoms with Crippen molar-refractivity contribution in [3.8, 4) is 0 Å². The largest absolute Gasteiger partial charge is 0.274 e. The van der Waals surface area contributed by atoms with E-state index in [4.69, 9.17) is 23.2 Å². The van der Waals surface area contributed by atoms with Gasteiger partial charge in [0.1, 0.15) is 0 Å². The highest BCUT2D eigenvalue weighted by Gasteiger charge is 2.67. The van der Waals surface area contributed by atoms with Crippen LogP contribution in [-0.4, -0.2) is 11.8 Å². The second-order valence-corrected chi connectivity index (χ2v) is 10.0. The summed E-state index contributed by atoms with van der Waals surface area (Å²) < 4.78 is -0.753. The quantitative estimate of drug-likeness (QED) is 0.309. The van der Waals surface area contributed by atoms with E-state index in [-0.39, 0.29) is 17.7 Å². The number of hydrogen-bond donors (Lipinski definition) is 0. The van der Waals surface area contributed by atoms with E-state index in [9.17, 15) is 9.59 Å². The topological polar surface area (TPSA) is 37.4 Å². The lowest BCUT2D eigenvalue weighted by molar-refractivity contribution is -0.122. The van der Waals surface area contributed by atoms with Crippen molar-refractivity contribution >= 4 is 56.6 Å². The normalized spacial score (nSPS) is 28.4. The summed E-state index contributed by atoms with van der Waals surface area (Å²) in [5.74, 6) is -1.58. The molecule has 3 nitrogen and oxygen atoms in total. The van der Waals surface area contributed by atoms with Crippen LogP contribution in [0, 0.1) is 11.8 Å². The smallest absolute Gasteiger partial charge is 0.239 e. The molecule has 3 aliphatic carbocycles. The number of anilines is 1. The van der Waals surface area contributed by atoms with E-state index in [2.05, 4.69) is 40.2 Å². The third-order valence-electron chi connectivity index (χ3n) is 6.68. The van der Waals surface area contributed by atoms with Gasteiger partial charge in [-0.1, -0.05) is 87.7 Å². The molecule has 6 heteroatoms. The van der Waals surface area contributed by atoms with Gasteiger partial charge < -0.3 is 0 Å². The number of hydrogen-bond acceptors (Lipinski definition) is 2. The molecule has 7 rings (SSSR count). The summed E-state index contributed by atoms with van der Waals surface area (Å²) in [6.45, 7) is 0. The van der Waals surface area contributed by atoms with E-state index in [1.165, 1.54) is 4.90 Å². The third-order valence-corrected chi connectivity index (χ3v) is 8.76. The lowest BCUT2D eigenvalue weighted by Crippen LogP contribution is -2.50. The van der Waals surface area contributed by atoms with Gasteiger partial charge in [0.05, 0.1) is 31.9 Å². The summed E-state index contributed by atoms with van der Waals surface area (Å²) in [4.78, 5) is 28.8. The molecule has 0 radical (unpaired) electrons.